The number of hydrogen-bond donors (Lipinski definition) is 4. The number of amides is 2. The van der Waals surface area contributed by atoms with Crippen molar-refractivity contribution >= 4 is 66.9 Å². The van der Waals surface area contributed by atoms with Gasteiger partial charge in [-0.2, -0.15) is 38.5 Å². The fraction of sp³-hybridized carbons (Fsp3) is 0.614. The average molecular weight is 1970 g/mol. The van der Waals surface area contributed by atoms with Gasteiger partial charge in [-0.3, -0.25) is 9.59 Å². The molecule has 8 aliphatic carbocycles. The standard InChI is InChI=1S/C20H31NO2.C20H29NO2.C16H25NO.C15H23NO.C11H19BO2.CH3Cl.ClH.HI.5Y/c2*1-6-14(7-2)17-10-8-9-11-18(17)23-16-12-15(13-16)21-19(22)20(3,4)5;1-4-12(5-2)15-8-6-7-9-16(15)18-14-10-13(11-14)17-3;1-3-11(4-2)14-7-5-6-8-15(14)17-13-9-12(16)10-13;1-7-9(8-2)12-13-10(3,4)11(5,6)14-12;1-2;;;;;;;/h8,10,14-16H,1-2,6-7,9,11-13H2,3-5H3,(H,21,22);6,8,10,15-16H,1-2,7,9,11-13H2,3-5H3,(H,21,22);6,8,12-14,17H,1-2,4-5,7,9-11H2,3H3;5,7,11-13H,1-4,6,8-10,16H2;7H,1-2,8H2,3-6H3;1H3;2*1H;;;;;/q5*-2;;;;;;;;. The molecule has 0 aromatic carbocycles. The van der Waals surface area contributed by atoms with Crippen LogP contribution in [0.15, 0.2) is 117 Å². The molecule has 9 rings (SSSR count). The van der Waals surface area contributed by atoms with Crippen LogP contribution in [0.4, 0.5) is 0 Å². The van der Waals surface area contributed by atoms with Crippen molar-refractivity contribution in [2.24, 2.45) is 34.3 Å². The van der Waals surface area contributed by atoms with E-state index in [2.05, 4.69) is 145 Å². The Hall–Kier alpha value is 2.01. The van der Waals surface area contributed by atoms with Crippen molar-refractivity contribution in [2.75, 3.05) is 13.4 Å². The number of nitrogens with one attached hydrogen (secondary N) is 3. The van der Waals surface area contributed by atoms with E-state index in [1.807, 2.05) is 82.4 Å². The minimum absolute atomic E-state index is 0. The summed E-state index contributed by atoms with van der Waals surface area (Å²) in [6.07, 6.45) is 46.6. The van der Waals surface area contributed by atoms with Gasteiger partial charge in [-0.15, -0.1) is 48.0 Å². The van der Waals surface area contributed by atoms with E-state index < -0.39 is 0 Å². The molecule has 12 nitrogen and oxygen atoms in total. The molecule has 581 valence electrons. The molecule has 4 saturated carbocycles. The summed E-state index contributed by atoms with van der Waals surface area (Å²) < 4.78 is 36.4. The second-order valence-electron chi connectivity index (χ2n) is 30.1. The molecule has 104 heavy (non-hydrogen) atoms. The number of allylic oxidation sites excluding steroid dienone is 20. The summed E-state index contributed by atoms with van der Waals surface area (Å²) in [6, 6.07) is 1.49. The average Bonchev–Trinajstić information content (AvgIpc) is 1.60. The third-order valence-electron chi connectivity index (χ3n) is 20.1. The molecule has 0 aromatic heterocycles. The first-order valence-electron chi connectivity index (χ1n) is 36.4. The van der Waals surface area contributed by atoms with E-state index in [1.54, 1.807) is 6.08 Å². The number of ether oxygens (including phenoxy) is 4. The Morgan fingerprint density at radius 2 is 0.827 bits per heavy atom. The molecule has 1 heterocycles. The van der Waals surface area contributed by atoms with E-state index in [0.717, 1.165) is 169 Å². The maximum absolute atomic E-state index is 12.0. The Balaban J connectivity index is -0.000000593. The summed E-state index contributed by atoms with van der Waals surface area (Å²) in [4.78, 5) is 24.0. The van der Waals surface area contributed by atoms with Crippen LogP contribution >= 0.6 is 48.0 Å². The largest absolute Gasteiger partial charge is 0.496 e. The van der Waals surface area contributed by atoms with Gasteiger partial charge in [0.05, 0.1) is 34.2 Å². The first-order valence-corrected chi connectivity index (χ1v) is 37.2. The van der Waals surface area contributed by atoms with Crippen molar-refractivity contribution in [3.05, 3.63) is 186 Å². The van der Waals surface area contributed by atoms with Gasteiger partial charge in [-0.25, -0.2) is 49.9 Å². The maximum Gasteiger partial charge on any atom is 0.381 e. The molecule has 0 bridgehead atoms. The molecule has 5 fully saturated rings. The third kappa shape index (κ3) is 36.0. The molecule has 2 amide bonds. The summed E-state index contributed by atoms with van der Waals surface area (Å²) in [7, 11) is 1.74. The van der Waals surface area contributed by atoms with Gasteiger partial charge in [0.15, 0.2) is 0 Å². The molecule has 5 N–H and O–H groups in total. The number of carbonyl (C=O) groups is 2. The monoisotopic (exact) mass is 1970 g/mol. The van der Waals surface area contributed by atoms with E-state index >= 15 is 0 Å². The zero-order chi connectivity index (χ0) is 72.3. The SMILES string of the molecule is CCl.Cl.I.[CH2-]C=C(C[CH2-])B1OC(C)(C)C(C)(C)O1.[CH2-]C=C(C[CH2-])C1=C(OC2CC(NC(=O)C(C)(C)C)C2)CCC=C1.[CH2-]CC(C[CH2-])C1=C(OC2CC(N)C2)CCC=C1.[CH2-]CC(C[CH2-])C1=C(OC2CC(NC(=O)C(C)(C)C)C2)CCC=C1.[CH2-]CC(C[CH2-])C1=C(OC2CC(NC)C2)CCC=C1.[Y].[Y].[Y].[Y].[Y]. The zero-order valence-corrected chi connectivity index (χ0v) is 84.3. The topological polar surface area (TPSA) is 152 Å². The van der Waals surface area contributed by atoms with E-state index in [9.17, 15) is 9.59 Å². The van der Waals surface area contributed by atoms with Crippen LogP contribution in [0.2, 0.25) is 0 Å². The molecule has 5 radical (unpaired) electrons. The number of rotatable bonds is 24. The molecule has 21 heteroatoms. The van der Waals surface area contributed by atoms with Crippen molar-refractivity contribution in [3.8, 4) is 0 Å². The Kier molecular flexibility index (Phi) is 61.7. The van der Waals surface area contributed by atoms with Crippen LogP contribution < -0.4 is 21.7 Å². The van der Waals surface area contributed by atoms with E-state index in [-0.39, 0.29) is 265 Å². The predicted molar refractivity (Wildman–Crippen MR) is 429 cm³/mol. The van der Waals surface area contributed by atoms with E-state index in [4.69, 9.17) is 34.0 Å². The van der Waals surface area contributed by atoms with Gasteiger partial charge in [0.2, 0.25) is 11.8 Å². The van der Waals surface area contributed by atoms with Crippen LogP contribution in [0.25, 0.3) is 0 Å². The van der Waals surface area contributed by atoms with Crippen LogP contribution in [0.1, 0.15) is 223 Å². The minimum atomic E-state index is -0.336. The van der Waals surface area contributed by atoms with Gasteiger partial charge in [0.1, 0.15) is 24.4 Å². The number of nitrogens with two attached hydrogens (primary N) is 1. The predicted octanol–water partition coefficient (Wildman–Crippen LogP) is 19.7. The molecule has 0 spiro atoms. The molecular formula is C83H132BCl2IN4O8Y5-10. The van der Waals surface area contributed by atoms with E-state index in [1.165, 1.54) is 34.6 Å². The molecular weight excluding hydrogens is 1830 g/mol. The first kappa shape index (κ1) is 112. The summed E-state index contributed by atoms with van der Waals surface area (Å²) in [6.45, 7) is 59.3. The van der Waals surface area contributed by atoms with Gasteiger partial charge in [-0.05, 0) is 103 Å². The number of halogens is 3. The molecule has 0 atom stereocenters. The fourth-order valence-corrected chi connectivity index (χ4v) is 12.3. The summed E-state index contributed by atoms with van der Waals surface area (Å²) in [5.74, 6) is 6.06. The molecule has 9 aliphatic rings. The smallest absolute Gasteiger partial charge is 0.381 e. The van der Waals surface area contributed by atoms with Crippen molar-refractivity contribution in [1.82, 2.24) is 16.0 Å². The van der Waals surface area contributed by atoms with Crippen molar-refractivity contribution in [3.63, 3.8) is 0 Å². The fourth-order valence-electron chi connectivity index (χ4n) is 12.3. The van der Waals surface area contributed by atoms with Gasteiger partial charge >= 0.3 is 7.12 Å². The van der Waals surface area contributed by atoms with E-state index in [0.29, 0.717) is 54.9 Å². The summed E-state index contributed by atoms with van der Waals surface area (Å²) >= 11 is 4.64. The minimum Gasteiger partial charge on any atom is -0.496 e. The number of alkyl halides is 1. The molecule has 0 unspecified atom stereocenters. The van der Waals surface area contributed by atoms with Gasteiger partial charge < -0.3 is 105 Å². The van der Waals surface area contributed by atoms with Gasteiger partial charge in [-0.1, -0.05) is 113 Å². The van der Waals surface area contributed by atoms with Crippen LogP contribution in [-0.2, 0) is 201 Å². The van der Waals surface area contributed by atoms with Crippen molar-refractivity contribution < 1.29 is 201 Å². The van der Waals surface area contributed by atoms with Crippen molar-refractivity contribution in [2.45, 2.75) is 283 Å². The molecule has 0 aromatic rings. The first-order chi connectivity index (χ1) is 46.0. The summed E-state index contributed by atoms with van der Waals surface area (Å²) in [5, 5.41) is 9.51. The second kappa shape index (κ2) is 57.1. The zero-order valence-electron chi connectivity index (χ0n) is 66.2. The van der Waals surface area contributed by atoms with Crippen LogP contribution in [0, 0.1) is 97.8 Å². The quantitative estimate of drug-likeness (QED) is 0.0318. The van der Waals surface area contributed by atoms with Crippen LogP contribution in [0.5, 0.6) is 0 Å². The third-order valence-corrected chi connectivity index (χ3v) is 20.1. The Bertz CT molecular complexity index is 2760. The Morgan fingerprint density at radius 1 is 0.529 bits per heavy atom. The Labute approximate surface area is 790 Å². The number of carbonyl (C=O) groups excluding carboxylic acids is 2. The normalized spacial score (nSPS) is 23.9. The van der Waals surface area contributed by atoms with Crippen molar-refractivity contribution in [1.29, 1.82) is 0 Å². The second-order valence-corrected chi connectivity index (χ2v) is 30.1. The number of hydrogen-bond acceptors (Lipinski definition) is 10. The van der Waals surface area contributed by atoms with Crippen LogP contribution in [-0.4, -0.2) is 92.1 Å². The Morgan fingerprint density at radius 3 is 1.10 bits per heavy atom. The van der Waals surface area contributed by atoms with Crippen LogP contribution in [0.3, 0.4) is 0 Å². The molecule has 1 saturated heterocycles. The van der Waals surface area contributed by atoms with Gasteiger partial charge in [0.25, 0.3) is 0 Å². The molecule has 1 aliphatic heterocycles. The summed E-state index contributed by atoms with van der Waals surface area (Å²) in [5.41, 5.74) is 11.8. The maximum atomic E-state index is 12.0. The van der Waals surface area contributed by atoms with Gasteiger partial charge in [0, 0.05) is 256 Å².